The minimum absolute atomic E-state index is 0.0361. The van der Waals surface area contributed by atoms with Crippen molar-refractivity contribution in [2.45, 2.75) is 107 Å². The number of ether oxygens (including phenoxy) is 2. The van der Waals surface area contributed by atoms with Crippen LogP contribution in [0.15, 0.2) is 108 Å². The number of hydrogen-bond donors (Lipinski definition) is 4. The monoisotopic (exact) mass is 1050 g/mol. The lowest BCUT2D eigenvalue weighted by Crippen LogP contribution is -2.60. The molecule has 4 aliphatic rings. The molecule has 2 saturated carbocycles. The molecule has 2 aliphatic carbocycles. The van der Waals surface area contributed by atoms with E-state index in [9.17, 15) is 28.4 Å². The number of methoxy groups -OCH3 is 1. The molecule has 4 fully saturated rings. The van der Waals surface area contributed by atoms with E-state index in [2.05, 4.69) is 90.9 Å². The van der Waals surface area contributed by atoms with Crippen LogP contribution >= 0.6 is 0 Å². The summed E-state index contributed by atoms with van der Waals surface area (Å²) in [6.45, 7) is 12.0. The Kier molecular flexibility index (Phi) is 14.9. The lowest BCUT2D eigenvalue weighted by Gasteiger charge is -2.58. The molecule has 16 nitrogen and oxygen atoms in total. The maximum Gasteiger partial charge on any atom is 0.293 e. The molecule has 2 aromatic heterocycles. The van der Waals surface area contributed by atoms with Crippen molar-refractivity contribution >= 4 is 44.0 Å². The van der Waals surface area contributed by atoms with E-state index < -0.39 is 37.0 Å². The molecule has 4 N–H and O–H groups in total. The number of aromatic amines is 1. The summed E-state index contributed by atoms with van der Waals surface area (Å²) in [6, 6.07) is 28.2. The van der Waals surface area contributed by atoms with Gasteiger partial charge in [-0.1, -0.05) is 50.1 Å². The number of terminal acetylenes is 1. The van der Waals surface area contributed by atoms with E-state index in [1.807, 2.05) is 25.1 Å². The van der Waals surface area contributed by atoms with Gasteiger partial charge in [0.1, 0.15) is 28.6 Å². The number of amides is 1. The van der Waals surface area contributed by atoms with Crippen molar-refractivity contribution in [1.82, 2.24) is 24.5 Å². The molecule has 4 heterocycles. The van der Waals surface area contributed by atoms with Gasteiger partial charge in [0.2, 0.25) is 0 Å². The van der Waals surface area contributed by atoms with E-state index in [0.29, 0.717) is 48.5 Å². The van der Waals surface area contributed by atoms with Gasteiger partial charge in [-0.05, 0) is 141 Å². The molecule has 1 amide bonds. The maximum absolute atomic E-state index is 14.1. The number of aliphatic hydroxyl groups is 1. The molecule has 1 spiro atoms. The van der Waals surface area contributed by atoms with E-state index in [-0.39, 0.29) is 34.4 Å². The van der Waals surface area contributed by atoms with Crippen molar-refractivity contribution < 1.29 is 32.7 Å². The van der Waals surface area contributed by atoms with Crippen LogP contribution in [0.1, 0.15) is 117 Å². The number of nitrogens with zero attached hydrogens (tertiary/aromatic N) is 5. The Labute approximate surface area is 445 Å². The smallest absolute Gasteiger partial charge is 0.293 e. The number of pyridine rings is 1. The number of carbonyl (C=O) groups is 1. The molecule has 1 atom stereocenters. The second kappa shape index (κ2) is 21.6. The fourth-order valence-electron chi connectivity index (χ4n) is 12.2. The Morgan fingerprint density at radius 2 is 1.75 bits per heavy atom. The van der Waals surface area contributed by atoms with E-state index in [1.165, 1.54) is 35.0 Å². The molecule has 4 aromatic carbocycles. The van der Waals surface area contributed by atoms with Crippen molar-refractivity contribution in [3.63, 3.8) is 0 Å². The largest absolute Gasteiger partial charge is 0.495 e. The summed E-state index contributed by atoms with van der Waals surface area (Å²) in [5.41, 5.74) is 5.43. The average Bonchev–Trinajstić information content (AvgIpc) is 3.88. The van der Waals surface area contributed by atoms with Crippen LogP contribution < -0.4 is 24.4 Å². The zero-order chi connectivity index (χ0) is 53.4. The van der Waals surface area contributed by atoms with Crippen molar-refractivity contribution in [1.29, 1.82) is 0 Å². The molecule has 10 rings (SSSR count). The first-order valence-electron chi connectivity index (χ1n) is 26.5. The summed E-state index contributed by atoms with van der Waals surface area (Å²) in [5.74, 6) is 3.62. The summed E-state index contributed by atoms with van der Waals surface area (Å²) in [5, 5.41) is 26.5. The number of anilines is 2. The van der Waals surface area contributed by atoms with Gasteiger partial charge in [-0.3, -0.25) is 24.7 Å². The minimum Gasteiger partial charge on any atom is -0.495 e. The van der Waals surface area contributed by atoms with Gasteiger partial charge in [0.25, 0.3) is 21.6 Å². The molecular formula is C59H68N8O8S. The quantitative estimate of drug-likeness (QED) is 0.0407. The molecule has 17 heteroatoms. The summed E-state index contributed by atoms with van der Waals surface area (Å²) >= 11 is 0. The third-order valence-electron chi connectivity index (χ3n) is 16.6. The van der Waals surface area contributed by atoms with Crippen LogP contribution in [0.4, 0.5) is 17.1 Å². The van der Waals surface area contributed by atoms with Crippen molar-refractivity contribution in [3.05, 3.63) is 141 Å². The second-order valence-corrected chi connectivity index (χ2v) is 23.7. The zero-order valence-corrected chi connectivity index (χ0v) is 44.6. The lowest BCUT2D eigenvalue weighted by atomic mass is 9.59. The number of piperazine rings is 1. The highest BCUT2D eigenvalue weighted by Gasteiger charge is 2.50. The molecule has 2 aliphatic heterocycles. The fraction of sp³-hybridized carbons (Fsp3) is 0.424. The number of nitro groups is 1. The van der Waals surface area contributed by atoms with Gasteiger partial charge in [-0.25, -0.2) is 18.1 Å². The molecule has 1 unspecified atom stereocenters. The van der Waals surface area contributed by atoms with Crippen molar-refractivity contribution in [2.75, 3.05) is 56.6 Å². The van der Waals surface area contributed by atoms with E-state index in [4.69, 9.17) is 15.9 Å². The van der Waals surface area contributed by atoms with E-state index >= 15 is 0 Å². The zero-order valence-electron chi connectivity index (χ0n) is 43.8. The highest BCUT2D eigenvalue weighted by molar-refractivity contribution is 7.90. The lowest BCUT2D eigenvalue weighted by molar-refractivity contribution is -0.384. The van der Waals surface area contributed by atoms with Crippen LogP contribution in [0, 0.1) is 33.8 Å². The van der Waals surface area contributed by atoms with Gasteiger partial charge in [0.15, 0.2) is 0 Å². The number of hydrogen-bond acceptors (Lipinski definition) is 13. The van der Waals surface area contributed by atoms with Gasteiger partial charge in [0.05, 0.1) is 39.9 Å². The van der Waals surface area contributed by atoms with Crippen LogP contribution in [-0.4, -0.2) is 102 Å². The normalized spacial score (nSPS) is 21.2. The Balaban J connectivity index is 0.831. The maximum atomic E-state index is 14.1. The average molecular weight is 1050 g/mol. The molecule has 398 valence electrons. The number of carbonyl (C=O) groups excluding carboxylic acids is 1. The molecule has 76 heavy (non-hydrogen) atoms. The van der Waals surface area contributed by atoms with Crippen LogP contribution in [0.2, 0.25) is 0 Å². The molecule has 0 bridgehead atoms. The number of aromatic nitrogens is 2. The first-order chi connectivity index (χ1) is 36.5. The number of H-pyrrole nitrogens is 1. The van der Waals surface area contributed by atoms with Gasteiger partial charge < -0.3 is 29.8 Å². The van der Waals surface area contributed by atoms with Gasteiger partial charge in [-0.15, -0.1) is 6.42 Å². The molecular weight excluding hydrogens is 981 g/mol. The Morgan fingerprint density at radius 3 is 2.49 bits per heavy atom. The summed E-state index contributed by atoms with van der Waals surface area (Å²) in [4.78, 5) is 40.5. The molecule has 0 radical (unpaired) electrons. The van der Waals surface area contributed by atoms with Crippen LogP contribution in [0.3, 0.4) is 0 Å². The third kappa shape index (κ3) is 11.3. The minimum atomic E-state index is -4.60. The SMILES string of the molecule is C#Cc1cc(CN2CCN(C3CC4(CCN(c5ccc(C(=O)NS(=O)(=O)c6ccc(NCC7CCC(C)(O)CC7)c([N+](=O)[O-])c6)c(Oc6cnc7[nH]ccc7c6)c5)CC4)C3)C(c3ccccc3C(C)C)C2)ccc1OC. The number of piperidine rings is 1. The highest BCUT2D eigenvalue weighted by Crippen LogP contribution is 2.53. The van der Waals surface area contributed by atoms with Gasteiger partial charge in [-0.2, -0.15) is 0 Å². The third-order valence-corrected chi connectivity index (χ3v) is 17.9. The van der Waals surface area contributed by atoms with E-state index in [0.717, 1.165) is 100 Å². The summed E-state index contributed by atoms with van der Waals surface area (Å²) < 4.78 is 41.8. The first-order valence-corrected chi connectivity index (χ1v) is 28.0. The van der Waals surface area contributed by atoms with Gasteiger partial charge >= 0.3 is 0 Å². The Bertz CT molecular complexity index is 3270. The summed E-state index contributed by atoms with van der Waals surface area (Å²) in [6.07, 6.45) is 16.2. The van der Waals surface area contributed by atoms with Crippen molar-refractivity contribution in [3.8, 4) is 29.6 Å². The Morgan fingerprint density at radius 1 is 0.974 bits per heavy atom. The number of nitrogens with one attached hydrogen (secondary N) is 3. The number of sulfonamides is 1. The number of benzene rings is 4. The second-order valence-electron chi connectivity index (χ2n) is 22.1. The van der Waals surface area contributed by atoms with E-state index in [1.54, 1.807) is 31.5 Å². The van der Waals surface area contributed by atoms with Crippen molar-refractivity contribution in [2.24, 2.45) is 11.3 Å². The Hall–Kier alpha value is -6.97. The van der Waals surface area contributed by atoms with Crippen LogP contribution in [-0.2, 0) is 16.6 Å². The van der Waals surface area contributed by atoms with Crippen LogP contribution in [0.25, 0.3) is 11.0 Å². The standard InChI is InChI=1S/C59H68N8O8S/c1-6-42-29-41(11-16-54(42)74-5)37-64-27-28-66(53(38-64)49-10-8-7-9-48(49)39(2)3)45-33-59(34-45)22-25-65(26-23-59)44-12-14-50(55(31-44)75-46-30-43-19-24-60-56(43)62-36-46)57(68)63-76(72,73)47-13-15-51(52(32-47)67(70)71)61-35-40-17-20-58(4,69)21-18-40/h1,7-16,19,24,29-32,36,39-40,45,53,61,69H,17-18,20-23,25-28,33-35,37-38H2,2-5H3,(H,60,62)(H,63,68). The number of nitro benzene ring substituents is 1. The summed E-state index contributed by atoms with van der Waals surface area (Å²) in [7, 11) is -2.95. The number of fused-ring (bicyclic) bond motifs is 1. The predicted octanol–water partition coefficient (Wildman–Crippen LogP) is 10.2. The highest BCUT2D eigenvalue weighted by atomic mass is 32.2. The van der Waals surface area contributed by atoms with Crippen LogP contribution in [0.5, 0.6) is 17.2 Å². The first kappa shape index (κ1) is 52.5. The molecule has 2 saturated heterocycles. The van der Waals surface area contributed by atoms with Gasteiger partial charge in [0, 0.05) is 87.3 Å². The topological polar surface area (TPSA) is 196 Å². The fourth-order valence-corrected chi connectivity index (χ4v) is 13.1. The molecule has 6 aromatic rings. The number of rotatable bonds is 16. The predicted molar refractivity (Wildman–Crippen MR) is 295 cm³/mol.